The molecule has 2 atom stereocenters. The minimum atomic E-state index is -0.250. The van der Waals surface area contributed by atoms with Crippen molar-refractivity contribution in [1.82, 2.24) is 5.32 Å². The Morgan fingerprint density at radius 3 is 2.75 bits per heavy atom. The lowest BCUT2D eigenvalue weighted by molar-refractivity contribution is -0.122. The summed E-state index contributed by atoms with van der Waals surface area (Å²) in [4.78, 5) is 8.36. The molecule has 3 rings (SSSR count). The Hall–Kier alpha value is -1.10. The van der Waals surface area contributed by atoms with Gasteiger partial charge in [0.1, 0.15) is 0 Å². The van der Waals surface area contributed by atoms with Gasteiger partial charge in [-0.1, -0.05) is 36.6 Å². The lowest BCUT2D eigenvalue weighted by Crippen LogP contribution is -2.59. The number of ether oxygens (including phenoxy) is 1. The molecule has 1 saturated heterocycles. The van der Waals surface area contributed by atoms with Crippen LogP contribution in [0, 0.1) is 0 Å². The van der Waals surface area contributed by atoms with Crippen LogP contribution in [0.15, 0.2) is 24.3 Å². The fraction of sp³-hybridized carbons (Fsp3) is 0.533. The summed E-state index contributed by atoms with van der Waals surface area (Å²) in [6, 6.07) is 8.24. The molecule has 2 fully saturated rings. The zero-order valence-corrected chi connectivity index (χ0v) is 12.1. The summed E-state index contributed by atoms with van der Waals surface area (Å²) in [6.07, 6.45) is 5.21. The number of halogens is 1. The molecule has 5 heteroatoms. The van der Waals surface area contributed by atoms with Gasteiger partial charge in [0.05, 0.1) is 18.2 Å². The molecule has 110 valence electrons. The highest BCUT2D eigenvalue weighted by Gasteiger charge is 2.44. The zero-order chi connectivity index (χ0) is 14.4. The Kier molecular flexibility index (Phi) is 5.40. The summed E-state index contributed by atoms with van der Waals surface area (Å²) in [7, 11) is 0. The highest BCUT2D eigenvalue weighted by Crippen LogP contribution is 2.40. The maximum absolute atomic E-state index is 8.36. The molecule has 1 saturated carbocycles. The van der Waals surface area contributed by atoms with Gasteiger partial charge >= 0.3 is 0 Å². The molecule has 2 aliphatic rings. The van der Waals surface area contributed by atoms with Crippen molar-refractivity contribution >= 4 is 18.1 Å². The van der Waals surface area contributed by atoms with Gasteiger partial charge in [0.25, 0.3) is 6.47 Å². The third-order valence-corrected chi connectivity index (χ3v) is 4.31. The van der Waals surface area contributed by atoms with Crippen LogP contribution >= 0.6 is 11.6 Å². The predicted molar refractivity (Wildman–Crippen MR) is 78.0 cm³/mol. The maximum Gasteiger partial charge on any atom is 0.290 e. The van der Waals surface area contributed by atoms with E-state index < -0.39 is 0 Å². The molecule has 2 unspecified atom stereocenters. The van der Waals surface area contributed by atoms with Crippen molar-refractivity contribution < 1.29 is 14.6 Å². The number of morpholine rings is 1. The molecule has 1 aromatic rings. The van der Waals surface area contributed by atoms with E-state index in [1.165, 1.54) is 24.8 Å². The molecule has 20 heavy (non-hydrogen) atoms. The summed E-state index contributed by atoms with van der Waals surface area (Å²) in [5.74, 6) is 0. The van der Waals surface area contributed by atoms with E-state index in [-0.39, 0.29) is 12.0 Å². The standard InChI is InChI=1S/C14H18ClNO.CH2O2/c15-12-6-4-11(5-7-12)14-8-2-1-3-13(14)17-10-9-16-14;2-1-3/h4-7,13,16H,1-3,8-10H2;1H,(H,2,3). The predicted octanol–water partition coefficient (Wildman–Crippen LogP) is 2.80. The Labute approximate surface area is 124 Å². The summed E-state index contributed by atoms with van der Waals surface area (Å²) in [6.45, 7) is 1.53. The van der Waals surface area contributed by atoms with E-state index in [1.807, 2.05) is 12.1 Å². The quantitative estimate of drug-likeness (QED) is 0.783. The van der Waals surface area contributed by atoms with Crippen LogP contribution in [0.25, 0.3) is 0 Å². The number of carbonyl (C=O) groups is 1. The van der Waals surface area contributed by atoms with E-state index in [9.17, 15) is 0 Å². The highest BCUT2D eigenvalue weighted by molar-refractivity contribution is 6.30. The molecule has 4 nitrogen and oxygen atoms in total. The first-order chi connectivity index (χ1) is 9.73. The van der Waals surface area contributed by atoms with Crippen molar-refractivity contribution in [3.63, 3.8) is 0 Å². The van der Waals surface area contributed by atoms with Crippen molar-refractivity contribution in [1.29, 1.82) is 0 Å². The molecule has 2 N–H and O–H groups in total. The molecule has 0 radical (unpaired) electrons. The number of hydrogen-bond donors (Lipinski definition) is 2. The van der Waals surface area contributed by atoms with Crippen molar-refractivity contribution in [2.75, 3.05) is 13.2 Å². The number of rotatable bonds is 1. The van der Waals surface area contributed by atoms with E-state index in [0.717, 1.165) is 24.6 Å². The summed E-state index contributed by atoms with van der Waals surface area (Å²) in [5, 5.41) is 11.4. The van der Waals surface area contributed by atoms with Crippen LogP contribution in [-0.2, 0) is 15.1 Å². The zero-order valence-electron chi connectivity index (χ0n) is 11.3. The number of benzene rings is 1. The number of fused-ring (bicyclic) bond motifs is 1. The molecule has 1 aliphatic heterocycles. The third-order valence-electron chi connectivity index (χ3n) is 4.06. The second kappa shape index (κ2) is 7.07. The minimum Gasteiger partial charge on any atom is -0.483 e. The van der Waals surface area contributed by atoms with Crippen molar-refractivity contribution in [3.05, 3.63) is 34.9 Å². The van der Waals surface area contributed by atoms with Gasteiger partial charge in [-0.3, -0.25) is 4.79 Å². The summed E-state index contributed by atoms with van der Waals surface area (Å²) >= 11 is 5.97. The molecule has 0 aromatic heterocycles. The fourth-order valence-electron chi connectivity index (χ4n) is 3.22. The lowest BCUT2D eigenvalue weighted by atomic mass is 9.73. The first kappa shape index (κ1) is 15.3. The highest BCUT2D eigenvalue weighted by atomic mass is 35.5. The number of nitrogens with one attached hydrogen (secondary N) is 1. The first-order valence-electron chi connectivity index (χ1n) is 6.93. The van der Waals surface area contributed by atoms with Crippen LogP contribution in [0.5, 0.6) is 0 Å². The molecular weight excluding hydrogens is 278 g/mol. The first-order valence-corrected chi connectivity index (χ1v) is 7.31. The van der Waals surface area contributed by atoms with Gasteiger partial charge in [0.2, 0.25) is 0 Å². The van der Waals surface area contributed by atoms with Crippen LogP contribution in [-0.4, -0.2) is 30.8 Å². The normalized spacial score (nSPS) is 28.8. The largest absolute Gasteiger partial charge is 0.483 e. The summed E-state index contributed by atoms with van der Waals surface area (Å²) < 4.78 is 5.97. The van der Waals surface area contributed by atoms with Gasteiger partial charge < -0.3 is 15.2 Å². The monoisotopic (exact) mass is 297 g/mol. The third kappa shape index (κ3) is 3.14. The molecule has 0 bridgehead atoms. The topological polar surface area (TPSA) is 58.6 Å². The van der Waals surface area contributed by atoms with Crippen LogP contribution in [0.1, 0.15) is 31.2 Å². The van der Waals surface area contributed by atoms with E-state index in [2.05, 4.69) is 17.4 Å². The summed E-state index contributed by atoms with van der Waals surface area (Å²) in [5.41, 5.74) is 1.35. The van der Waals surface area contributed by atoms with Crippen LogP contribution in [0.3, 0.4) is 0 Å². The van der Waals surface area contributed by atoms with E-state index in [4.69, 9.17) is 26.2 Å². The van der Waals surface area contributed by atoms with Crippen molar-refractivity contribution in [2.24, 2.45) is 0 Å². The molecule has 0 amide bonds. The Morgan fingerprint density at radius 1 is 1.35 bits per heavy atom. The fourth-order valence-corrected chi connectivity index (χ4v) is 3.35. The molecule has 1 aliphatic carbocycles. The Morgan fingerprint density at radius 2 is 2.05 bits per heavy atom. The smallest absolute Gasteiger partial charge is 0.290 e. The molecule has 1 aromatic carbocycles. The molecular formula is C15H20ClNO3. The Balaban J connectivity index is 0.000000452. The van der Waals surface area contributed by atoms with Crippen molar-refractivity contribution in [3.8, 4) is 0 Å². The van der Waals surface area contributed by atoms with Gasteiger partial charge in [-0.05, 0) is 30.5 Å². The van der Waals surface area contributed by atoms with Gasteiger partial charge in [-0.2, -0.15) is 0 Å². The van der Waals surface area contributed by atoms with Crippen LogP contribution in [0.2, 0.25) is 5.02 Å². The van der Waals surface area contributed by atoms with E-state index in [1.54, 1.807) is 0 Å². The lowest BCUT2D eigenvalue weighted by Gasteiger charge is -2.48. The van der Waals surface area contributed by atoms with E-state index >= 15 is 0 Å². The minimum absolute atomic E-state index is 0.0289. The van der Waals surface area contributed by atoms with Gasteiger partial charge in [0.15, 0.2) is 0 Å². The SMILES string of the molecule is Clc1ccc(C23CCCCC2OCCN3)cc1.O=CO. The van der Waals surface area contributed by atoms with Crippen molar-refractivity contribution in [2.45, 2.75) is 37.3 Å². The second-order valence-corrected chi connectivity index (χ2v) is 5.55. The van der Waals surface area contributed by atoms with Gasteiger partial charge in [-0.25, -0.2) is 0 Å². The average molecular weight is 298 g/mol. The molecule has 1 heterocycles. The second-order valence-electron chi connectivity index (χ2n) is 5.12. The van der Waals surface area contributed by atoms with E-state index in [0.29, 0.717) is 6.10 Å². The average Bonchev–Trinajstić information content (AvgIpc) is 2.48. The molecule has 0 spiro atoms. The number of carboxylic acid groups (broad SMARTS) is 1. The van der Waals surface area contributed by atoms with Gasteiger partial charge in [-0.15, -0.1) is 0 Å². The van der Waals surface area contributed by atoms with Crippen LogP contribution < -0.4 is 5.32 Å². The maximum atomic E-state index is 8.36. The van der Waals surface area contributed by atoms with Crippen LogP contribution in [0.4, 0.5) is 0 Å². The van der Waals surface area contributed by atoms with Gasteiger partial charge in [0, 0.05) is 11.6 Å². The number of hydrogen-bond acceptors (Lipinski definition) is 3. The Bertz CT molecular complexity index is 423.